The molecule has 8 heteroatoms. The normalized spacial score (nSPS) is 13.8. The Hall–Kier alpha value is -2.71. The lowest BCUT2D eigenvalue weighted by Crippen LogP contribution is -2.27. The molecule has 2 aromatic carbocycles. The van der Waals surface area contributed by atoms with Gasteiger partial charge in [-0.3, -0.25) is 14.5 Å². The minimum atomic E-state index is -0.176. The zero-order valence-electron chi connectivity index (χ0n) is 17.4. The average Bonchev–Trinajstić information content (AvgIpc) is 3.40. The molecule has 4 rings (SSSR count). The SMILES string of the molecule is COc1ccc(CCCOc2ccc(CN3C(=O)CSC3=O)c3sccc23)cc1OC. The quantitative estimate of drug-likeness (QED) is 0.415. The second kappa shape index (κ2) is 9.62. The number of carbonyl (C=O) groups excluding carboxylic acids is 2. The van der Waals surface area contributed by atoms with Crippen molar-refractivity contribution in [2.24, 2.45) is 0 Å². The minimum Gasteiger partial charge on any atom is -0.493 e. The lowest BCUT2D eigenvalue weighted by atomic mass is 10.1. The molecule has 3 aromatic rings. The molecule has 2 heterocycles. The fourth-order valence-corrected chi connectivity index (χ4v) is 5.19. The molecule has 0 radical (unpaired) electrons. The third-order valence-corrected chi connectivity index (χ3v) is 6.99. The van der Waals surface area contributed by atoms with Crippen molar-refractivity contribution in [1.82, 2.24) is 4.90 Å². The third-order valence-electron chi connectivity index (χ3n) is 5.14. The van der Waals surface area contributed by atoms with E-state index < -0.39 is 0 Å². The number of thiophene rings is 1. The highest BCUT2D eigenvalue weighted by Gasteiger charge is 2.30. The van der Waals surface area contributed by atoms with Gasteiger partial charge in [0.05, 0.1) is 33.1 Å². The Morgan fingerprint density at radius 2 is 1.81 bits per heavy atom. The lowest BCUT2D eigenvalue weighted by molar-refractivity contribution is -0.124. The van der Waals surface area contributed by atoms with Gasteiger partial charge in [0.2, 0.25) is 5.91 Å². The van der Waals surface area contributed by atoms with Gasteiger partial charge in [-0.25, -0.2) is 0 Å². The van der Waals surface area contributed by atoms with E-state index in [0.29, 0.717) is 13.2 Å². The van der Waals surface area contributed by atoms with E-state index in [0.717, 1.165) is 63.1 Å². The van der Waals surface area contributed by atoms with Crippen LogP contribution in [0.4, 0.5) is 4.79 Å². The average molecular weight is 458 g/mol. The van der Waals surface area contributed by atoms with E-state index in [1.807, 2.05) is 41.8 Å². The Kier molecular flexibility index (Phi) is 6.67. The molecule has 162 valence electrons. The van der Waals surface area contributed by atoms with Gasteiger partial charge in [-0.05, 0) is 53.6 Å². The topological polar surface area (TPSA) is 65.1 Å². The molecule has 31 heavy (non-hydrogen) atoms. The van der Waals surface area contributed by atoms with Crippen molar-refractivity contribution in [2.75, 3.05) is 26.6 Å². The van der Waals surface area contributed by atoms with E-state index in [9.17, 15) is 9.59 Å². The van der Waals surface area contributed by atoms with Gasteiger partial charge in [0.15, 0.2) is 11.5 Å². The minimum absolute atomic E-state index is 0.129. The summed E-state index contributed by atoms with van der Waals surface area (Å²) in [5, 5.41) is 2.85. The Bertz CT molecular complexity index is 1090. The molecule has 0 saturated carbocycles. The van der Waals surface area contributed by atoms with Crippen molar-refractivity contribution in [3.05, 3.63) is 52.9 Å². The summed E-state index contributed by atoms with van der Waals surface area (Å²) in [6.07, 6.45) is 1.72. The van der Waals surface area contributed by atoms with Crippen LogP contribution in [-0.4, -0.2) is 42.6 Å². The maximum Gasteiger partial charge on any atom is 0.289 e. The lowest BCUT2D eigenvalue weighted by Gasteiger charge is -2.15. The Labute approximate surface area is 189 Å². The first-order chi connectivity index (χ1) is 15.1. The van der Waals surface area contributed by atoms with Crippen LogP contribution in [0.25, 0.3) is 10.1 Å². The Morgan fingerprint density at radius 1 is 1.00 bits per heavy atom. The summed E-state index contributed by atoms with van der Waals surface area (Å²) < 4.78 is 17.8. The molecule has 0 unspecified atom stereocenters. The summed E-state index contributed by atoms with van der Waals surface area (Å²) in [5.74, 6) is 2.37. The van der Waals surface area contributed by atoms with Gasteiger partial charge in [-0.2, -0.15) is 0 Å². The molecule has 0 spiro atoms. The summed E-state index contributed by atoms with van der Waals surface area (Å²) >= 11 is 2.66. The number of rotatable bonds is 9. The number of hydrogen-bond acceptors (Lipinski definition) is 7. The third kappa shape index (κ3) is 4.65. The van der Waals surface area contributed by atoms with E-state index >= 15 is 0 Å². The van der Waals surface area contributed by atoms with E-state index in [1.165, 1.54) is 4.90 Å². The zero-order chi connectivity index (χ0) is 21.8. The van der Waals surface area contributed by atoms with Crippen molar-refractivity contribution < 1.29 is 23.8 Å². The van der Waals surface area contributed by atoms with Crippen molar-refractivity contribution in [3.63, 3.8) is 0 Å². The maximum absolute atomic E-state index is 11.9. The number of nitrogens with zero attached hydrogens (tertiary/aromatic N) is 1. The maximum atomic E-state index is 11.9. The molecule has 1 fully saturated rings. The number of hydrogen-bond donors (Lipinski definition) is 0. The number of aryl methyl sites for hydroxylation is 1. The van der Waals surface area contributed by atoms with Crippen LogP contribution >= 0.6 is 23.1 Å². The fourth-order valence-electron chi connectivity index (χ4n) is 3.54. The van der Waals surface area contributed by atoms with Gasteiger partial charge in [-0.15, -0.1) is 11.3 Å². The van der Waals surface area contributed by atoms with Gasteiger partial charge < -0.3 is 14.2 Å². The van der Waals surface area contributed by atoms with Crippen molar-refractivity contribution in [3.8, 4) is 17.2 Å². The molecule has 0 atom stereocenters. The standard InChI is InChI=1S/C23H23NO5S2/c1-27-19-7-5-15(12-20(19)28-2)4-3-10-29-18-8-6-16(22-17(18)9-11-30-22)13-24-21(25)14-31-23(24)26/h5-9,11-12H,3-4,10,13-14H2,1-2H3. The number of carbonyl (C=O) groups is 2. The first-order valence-electron chi connectivity index (χ1n) is 9.90. The molecular weight excluding hydrogens is 434 g/mol. The number of ether oxygens (including phenoxy) is 3. The second-order valence-corrected chi connectivity index (χ2v) is 8.90. The number of thioether (sulfide) groups is 1. The summed E-state index contributed by atoms with van der Waals surface area (Å²) in [5.41, 5.74) is 2.13. The molecular formula is C23H23NO5S2. The molecule has 1 aliphatic heterocycles. The second-order valence-electron chi connectivity index (χ2n) is 7.06. The largest absolute Gasteiger partial charge is 0.493 e. The highest BCUT2D eigenvalue weighted by molar-refractivity contribution is 8.14. The van der Waals surface area contributed by atoms with Crippen LogP contribution in [0.5, 0.6) is 17.2 Å². The first kappa shape index (κ1) is 21.5. The van der Waals surface area contributed by atoms with Crippen molar-refractivity contribution >= 4 is 44.3 Å². The molecule has 0 N–H and O–H groups in total. The number of methoxy groups -OCH3 is 2. The monoisotopic (exact) mass is 457 g/mol. The van der Waals surface area contributed by atoms with E-state index in [4.69, 9.17) is 14.2 Å². The Morgan fingerprint density at radius 3 is 2.55 bits per heavy atom. The number of fused-ring (bicyclic) bond motifs is 1. The molecule has 6 nitrogen and oxygen atoms in total. The summed E-state index contributed by atoms with van der Waals surface area (Å²) in [7, 11) is 3.26. The van der Waals surface area contributed by atoms with Gasteiger partial charge in [0.1, 0.15) is 5.75 Å². The number of imide groups is 1. The summed E-state index contributed by atoms with van der Waals surface area (Å²) in [4.78, 5) is 25.2. The molecule has 1 aliphatic rings. The molecule has 1 aromatic heterocycles. The smallest absolute Gasteiger partial charge is 0.289 e. The first-order valence-corrected chi connectivity index (χ1v) is 11.8. The molecule has 2 amide bonds. The molecule has 0 bridgehead atoms. The molecule has 0 aliphatic carbocycles. The van der Waals surface area contributed by atoms with Crippen LogP contribution < -0.4 is 14.2 Å². The number of benzene rings is 2. The van der Waals surface area contributed by atoms with E-state index in [-0.39, 0.29) is 16.9 Å². The van der Waals surface area contributed by atoms with Crippen LogP contribution in [0.3, 0.4) is 0 Å². The summed E-state index contributed by atoms with van der Waals surface area (Å²) in [6, 6.07) is 11.8. The van der Waals surface area contributed by atoms with Crippen LogP contribution in [0, 0.1) is 0 Å². The highest BCUT2D eigenvalue weighted by Crippen LogP contribution is 2.35. The van der Waals surface area contributed by atoms with Crippen molar-refractivity contribution in [2.45, 2.75) is 19.4 Å². The highest BCUT2D eigenvalue weighted by atomic mass is 32.2. The Balaban J connectivity index is 1.39. The van der Waals surface area contributed by atoms with E-state index in [1.54, 1.807) is 25.6 Å². The van der Waals surface area contributed by atoms with Crippen LogP contribution in [0.2, 0.25) is 0 Å². The number of amides is 2. The summed E-state index contributed by atoms with van der Waals surface area (Å²) in [6.45, 7) is 0.889. The van der Waals surface area contributed by atoms with Crippen LogP contribution in [0.15, 0.2) is 41.8 Å². The fraction of sp³-hybridized carbons (Fsp3) is 0.304. The van der Waals surface area contributed by atoms with Crippen LogP contribution in [-0.2, 0) is 17.8 Å². The van der Waals surface area contributed by atoms with Gasteiger partial charge in [-0.1, -0.05) is 23.9 Å². The van der Waals surface area contributed by atoms with Gasteiger partial charge in [0.25, 0.3) is 5.24 Å². The predicted molar refractivity (Wildman–Crippen MR) is 124 cm³/mol. The van der Waals surface area contributed by atoms with Crippen LogP contribution in [0.1, 0.15) is 17.5 Å². The van der Waals surface area contributed by atoms with Crippen molar-refractivity contribution in [1.29, 1.82) is 0 Å². The van der Waals surface area contributed by atoms with Gasteiger partial charge >= 0.3 is 0 Å². The van der Waals surface area contributed by atoms with Gasteiger partial charge in [0, 0.05) is 10.1 Å². The van der Waals surface area contributed by atoms with E-state index in [2.05, 4.69) is 0 Å². The zero-order valence-corrected chi connectivity index (χ0v) is 19.0. The molecule has 1 saturated heterocycles. The predicted octanol–water partition coefficient (Wildman–Crippen LogP) is 5.13.